The van der Waals surface area contributed by atoms with E-state index < -0.39 is 11.6 Å². The Hall–Kier alpha value is -2.99. The molecule has 140 valence electrons. The van der Waals surface area contributed by atoms with Crippen molar-refractivity contribution < 1.29 is 18.7 Å². The number of nitrogens with zero attached hydrogens (tertiary/aromatic N) is 1. The number of rotatable bonds is 8. The number of carbonyl (C=O) groups excluding carboxylic acids is 2. The summed E-state index contributed by atoms with van der Waals surface area (Å²) in [6.45, 7) is 1.18. The fraction of sp³-hybridized carbons (Fsp3) is 0.238. The summed E-state index contributed by atoms with van der Waals surface area (Å²) in [6, 6.07) is 13.2. The number of para-hydroxylation sites is 1. The van der Waals surface area contributed by atoms with Crippen molar-refractivity contribution in [3.8, 4) is 0 Å². The largest absolute Gasteiger partial charge is 0.385 e. The average Bonchev–Trinajstić information content (AvgIpc) is 3.04. The quantitative estimate of drug-likeness (QED) is 0.491. The maximum Gasteiger partial charge on any atom is 0.239 e. The first kappa shape index (κ1) is 18.8. The number of nitrogens with one attached hydrogen (secondary N) is 1. The van der Waals surface area contributed by atoms with E-state index in [4.69, 9.17) is 4.74 Å². The van der Waals surface area contributed by atoms with Gasteiger partial charge in [-0.1, -0.05) is 30.3 Å². The van der Waals surface area contributed by atoms with Gasteiger partial charge in [0.2, 0.25) is 5.91 Å². The van der Waals surface area contributed by atoms with Gasteiger partial charge in [-0.3, -0.25) is 9.59 Å². The summed E-state index contributed by atoms with van der Waals surface area (Å²) in [5.74, 6) is -1.12. The van der Waals surface area contributed by atoms with E-state index in [1.165, 1.54) is 12.1 Å². The lowest BCUT2D eigenvalue weighted by atomic mass is 10.0. The van der Waals surface area contributed by atoms with E-state index in [-0.39, 0.29) is 18.0 Å². The van der Waals surface area contributed by atoms with Crippen LogP contribution in [0.25, 0.3) is 10.9 Å². The van der Waals surface area contributed by atoms with Crippen LogP contribution in [0.5, 0.6) is 0 Å². The van der Waals surface area contributed by atoms with Crippen molar-refractivity contribution in [2.24, 2.45) is 0 Å². The van der Waals surface area contributed by atoms with Gasteiger partial charge < -0.3 is 14.6 Å². The summed E-state index contributed by atoms with van der Waals surface area (Å²) in [5, 5.41) is 3.52. The third kappa shape index (κ3) is 4.23. The third-order valence-corrected chi connectivity index (χ3v) is 4.31. The highest BCUT2D eigenvalue weighted by Crippen LogP contribution is 2.24. The van der Waals surface area contributed by atoms with Gasteiger partial charge in [0, 0.05) is 42.9 Å². The van der Waals surface area contributed by atoms with Crippen molar-refractivity contribution in [1.29, 1.82) is 0 Å². The molecular weight excluding hydrogens is 347 g/mol. The Morgan fingerprint density at radius 2 is 1.81 bits per heavy atom. The van der Waals surface area contributed by atoms with Crippen molar-refractivity contribution in [2.45, 2.75) is 13.0 Å². The van der Waals surface area contributed by atoms with Crippen molar-refractivity contribution in [1.82, 2.24) is 9.88 Å². The van der Waals surface area contributed by atoms with Gasteiger partial charge in [-0.2, -0.15) is 0 Å². The predicted molar refractivity (Wildman–Crippen MR) is 101 cm³/mol. The van der Waals surface area contributed by atoms with E-state index >= 15 is 0 Å². The van der Waals surface area contributed by atoms with Gasteiger partial charge in [0.15, 0.2) is 5.78 Å². The van der Waals surface area contributed by atoms with Crippen LogP contribution in [-0.4, -0.2) is 36.5 Å². The molecule has 0 atom stereocenters. The molecular formula is C21H21FN2O3. The van der Waals surface area contributed by atoms with Crippen LogP contribution in [0.4, 0.5) is 4.39 Å². The highest BCUT2D eigenvalue weighted by atomic mass is 19.1. The maximum atomic E-state index is 14.0. The number of amides is 1. The molecule has 6 heteroatoms. The summed E-state index contributed by atoms with van der Waals surface area (Å²) in [6.07, 6.45) is 2.35. The Labute approximate surface area is 156 Å². The second kappa shape index (κ2) is 8.60. The first-order valence-corrected chi connectivity index (χ1v) is 8.74. The van der Waals surface area contributed by atoms with Crippen molar-refractivity contribution in [3.63, 3.8) is 0 Å². The summed E-state index contributed by atoms with van der Waals surface area (Å²) >= 11 is 0. The van der Waals surface area contributed by atoms with Gasteiger partial charge in [-0.15, -0.1) is 0 Å². The Balaban J connectivity index is 1.87. The van der Waals surface area contributed by atoms with Crippen LogP contribution >= 0.6 is 0 Å². The van der Waals surface area contributed by atoms with E-state index in [9.17, 15) is 14.0 Å². The zero-order valence-electron chi connectivity index (χ0n) is 15.1. The number of ether oxygens (including phenoxy) is 1. The monoisotopic (exact) mass is 368 g/mol. The van der Waals surface area contributed by atoms with Crippen molar-refractivity contribution in [3.05, 3.63) is 71.7 Å². The number of halogens is 1. The second-order valence-corrected chi connectivity index (χ2v) is 6.19. The first-order chi connectivity index (χ1) is 13.1. The van der Waals surface area contributed by atoms with Crippen LogP contribution in [0, 0.1) is 5.82 Å². The number of fused-ring (bicyclic) bond motifs is 1. The minimum Gasteiger partial charge on any atom is -0.385 e. The van der Waals surface area contributed by atoms with Crippen LogP contribution in [0.2, 0.25) is 0 Å². The molecule has 3 rings (SSSR count). The minimum absolute atomic E-state index is 0.0180. The Morgan fingerprint density at radius 1 is 1.07 bits per heavy atom. The molecule has 0 fully saturated rings. The molecule has 0 aliphatic heterocycles. The second-order valence-electron chi connectivity index (χ2n) is 6.19. The molecule has 1 amide bonds. The number of hydrogen-bond acceptors (Lipinski definition) is 3. The third-order valence-electron chi connectivity index (χ3n) is 4.31. The number of benzene rings is 2. The Bertz CT molecular complexity index is 965. The first-order valence-electron chi connectivity index (χ1n) is 8.74. The smallest absolute Gasteiger partial charge is 0.239 e. The lowest BCUT2D eigenvalue weighted by Gasteiger charge is -2.07. The fourth-order valence-electron chi connectivity index (χ4n) is 3.00. The zero-order valence-corrected chi connectivity index (χ0v) is 15.1. The van der Waals surface area contributed by atoms with Gasteiger partial charge >= 0.3 is 0 Å². The lowest BCUT2D eigenvalue weighted by molar-refractivity contribution is -0.121. The molecule has 0 saturated carbocycles. The van der Waals surface area contributed by atoms with Crippen LogP contribution < -0.4 is 5.32 Å². The number of hydrogen-bond donors (Lipinski definition) is 1. The van der Waals surface area contributed by atoms with E-state index in [1.54, 1.807) is 36.1 Å². The molecule has 0 aliphatic rings. The van der Waals surface area contributed by atoms with E-state index in [0.717, 1.165) is 11.9 Å². The zero-order chi connectivity index (χ0) is 19.2. The predicted octanol–water partition coefficient (Wildman–Crippen LogP) is 3.16. The Morgan fingerprint density at radius 3 is 2.59 bits per heavy atom. The SMILES string of the molecule is COCCCNC(=O)Cn1cc(C(=O)c2ccccc2F)c2ccccc21. The van der Waals surface area contributed by atoms with Crippen LogP contribution in [0.15, 0.2) is 54.7 Å². The summed E-state index contributed by atoms with van der Waals surface area (Å²) in [5.41, 5.74) is 1.15. The van der Waals surface area contributed by atoms with E-state index in [1.807, 2.05) is 18.2 Å². The number of ketones is 1. The van der Waals surface area contributed by atoms with E-state index in [2.05, 4.69) is 5.32 Å². The van der Waals surface area contributed by atoms with Crippen molar-refractivity contribution in [2.75, 3.05) is 20.3 Å². The van der Waals surface area contributed by atoms with Crippen LogP contribution in [-0.2, 0) is 16.1 Å². The molecule has 2 aromatic carbocycles. The molecule has 1 N–H and O–H groups in total. The standard InChI is InChI=1S/C21H21FN2O3/c1-27-12-6-11-23-20(25)14-24-13-17(15-7-3-5-10-19(15)24)21(26)16-8-2-4-9-18(16)22/h2-5,7-10,13H,6,11-12,14H2,1H3,(H,23,25). The molecule has 27 heavy (non-hydrogen) atoms. The molecule has 0 bridgehead atoms. The summed E-state index contributed by atoms with van der Waals surface area (Å²) < 4.78 is 20.7. The molecule has 0 aliphatic carbocycles. The molecule has 1 heterocycles. The Kier molecular flexibility index (Phi) is 5.98. The fourth-order valence-corrected chi connectivity index (χ4v) is 3.00. The molecule has 1 aromatic heterocycles. The van der Waals surface area contributed by atoms with Crippen molar-refractivity contribution >= 4 is 22.6 Å². The highest BCUT2D eigenvalue weighted by molar-refractivity contribution is 6.16. The molecule has 0 radical (unpaired) electrons. The maximum absolute atomic E-state index is 14.0. The molecule has 0 saturated heterocycles. The number of aromatic nitrogens is 1. The van der Waals surface area contributed by atoms with Gasteiger partial charge in [-0.05, 0) is 24.6 Å². The van der Waals surface area contributed by atoms with Gasteiger partial charge in [0.05, 0.1) is 5.56 Å². The molecule has 5 nitrogen and oxygen atoms in total. The van der Waals surface area contributed by atoms with Gasteiger partial charge in [0.1, 0.15) is 12.4 Å². The number of methoxy groups -OCH3 is 1. The average molecular weight is 368 g/mol. The molecule has 0 spiro atoms. The molecule has 0 unspecified atom stereocenters. The summed E-state index contributed by atoms with van der Waals surface area (Å²) in [4.78, 5) is 25.1. The van der Waals surface area contributed by atoms with Gasteiger partial charge in [0.25, 0.3) is 0 Å². The highest BCUT2D eigenvalue weighted by Gasteiger charge is 2.19. The normalized spacial score (nSPS) is 10.9. The topological polar surface area (TPSA) is 60.3 Å². The van der Waals surface area contributed by atoms with Gasteiger partial charge in [-0.25, -0.2) is 4.39 Å². The van der Waals surface area contributed by atoms with E-state index in [0.29, 0.717) is 24.1 Å². The minimum atomic E-state index is -0.560. The van der Waals surface area contributed by atoms with Crippen LogP contribution in [0.1, 0.15) is 22.3 Å². The summed E-state index contributed by atoms with van der Waals surface area (Å²) in [7, 11) is 1.61. The number of carbonyl (C=O) groups is 2. The molecule has 3 aromatic rings. The van der Waals surface area contributed by atoms with Crippen LogP contribution in [0.3, 0.4) is 0 Å². The lowest BCUT2D eigenvalue weighted by Crippen LogP contribution is -2.28.